The van der Waals surface area contributed by atoms with Crippen LogP contribution in [-0.2, 0) is 0 Å². The van der Waals surface area contributed by atoms with Gasteiger partial charge in [-0.2, -0.15) is 4.39 Å². The average Bonchev–Trinajstić information content (AvgIpc) is 3.16. The first kappa shape index (κ1) is 14.3. The molecule has 108 valence electrons. The molecular weight excluding hydrogens is 274 g/mol. The van der Waals surface area contributed by atoms with Gasteiger partial charge in [-0.1, -0.05) is 0 Å². The summed E-state index contributed by atoms with van der Waals surface area (Å²) in [5.74, 6) is -3.73. The Hall–Kier alpha value is -2.09. The van der Waals surface area contributed by atoms with E-state index in [1.165, 1.54) is 0 Å². The van der Waals surface area contributed by atoms with Crippen molar-refractivity contribution in [2.75, 3.05) is 13.2 Å². The highest BCUT2D eigenvalue weighted by atomic mass is 19.1. The van der Waals surface area contributed by atoms with Gasteiger partial charge in [0, 0.05) is 18.0 Å². The first-order valence-corrected chi connectivity index (χ1v) is 5.92. The van der Waals surface area contributed by atoms with E-state index in [0.29, 0.717) is 25.0 Å². The van der Waals surface area contributed by atoms with E-state index in [1.807, 2.05) is 0 Å². The Morgan fingerprint density at radius 2 is 2.10 bits per heavy atom. The largest absolute Gasteiger partial charge is 0.396 e. The minimum atomic E-state index is -1.50. The molecule has 1 amide bonds. The summed E-state index contributed by atoms with van der Waals surface area (Å²) in [5, 5.41) is 21.9. The molecule has 0 unspecified atom stereocenters. The Bertz CT molecular complexity index is 573. The minimum absolute atomic E-state index is 0.0733. The van der Waals surface area contributed by atoms with E-state index < -0.39 is 39.1 Å². The molecule has 20 heavy (non-hydrogen) atoms. The molecule has 2 N–H and O–H groups in total. The fourth-order valence-corrected chi connectivity index (χ4v) is 1.81. The van der Waals surface area contributed by atoms with E-state index in [-0.39, 0.29) is 13.2 Å². The molecule has 1 aliphatic rings. The van der Waals surface area contributed by atoms with Gasteiger partial charge in [-0.05, 0) is 18.9 Å². The Kier molecular flexibility index (Phi) is 3.67. The average molecular weight is 286 g/mol. The Morgan fingerprint density at radius 3 is 2.60 bits per heavy atom. The molecule has 0 saturated heterocycles. The molecule has 1 aliphatic carbocycles. The predicted molar refractivity (Wildman–Crippen MR) is 64.1 cm³/mol. The fraction of sp³-hybridized carbons (Fsp3) is 0.417. The van der Waals surface area contributed by atoms with Crippen molar-refractivity contribution < 1.29 is 23.6 Å². The standard InChI is InChI=1S/C12H12F2N2O4/c13-7-1-2-8(16(19)20)10(14)9(7)11(18)15-5-12(6-17)3-4-12/h1-2,17H,3-6H2,(H,15,18). The molecule has 1 saturated carbocycles. The lowest BCUT2D eigenvalue weighted by Gasteiger charge is -2.13. The SMILES string of the molecule is O=C(NCC1(CO)CC1)c1c(F)ccc([N+](=O)[O-])c1F. The second-order valence-electron chi connectivity index (χ2n) is 4.85. The summed E-state index contributed by atoms with van der Waals surface area (Å²) in [6.07, 6.45) is 1.42. The molecule has 0 atom stereocenters. The number of amides is 1. The zero-order chi connectivity index (χ0) is 14.9. The van der Waals surface area contributed by atoms with Crippen molar-refractivity contribution >= 4 is 11.6 Å². The maximum Gasteiger partial charge on any atom is 0.305 e. The molecule has 8 heteroatoms. The Balaban J connectivity index is 2.21. The van der Waals surface area contributed by atoms with Crippen LogP contribution >= 0.6 is 0 Å². The van der Waals surface area contributed by atoms with E-state index in [2.05, 4.69) is 5.32 Å². The van der Waals surface area contributed by atoms with Gasteiger partial charge in [0.2, 0.25) is 5.82 Å². The number of nitro groups is 1. The third-order valence-corrected chi connectivity index (χ3v) is 3.41. The predicted octanol–water partition coefficient (Wildman–Crippen LogP) is 1.38. The van der Waals surface area contributed by atoms with E-state index in [0.717, 1.165) is 0 Å². The molecule has 1 aromatic rings. The molecule has 2 rings (SSSR count). The van der Waals surface area contributed by atoms with Gasteiger partial charge in [0.25, 0.3) is 5.91 Å². The van der Waals surface area contributed by atoms with E-state index in [4.69, 9.17) is 5.11 Å². The van der Waals surface area contributed by atoms with Crippen molar-refractivity contribution in [3.8, 4) is 0 Å². The number of benzene rings is 1. The quantitative estimate of drug-likeness (QED) is 0.631. The van der Waals surface area contributed by atoms with Crippen molar-refractivity contribution in [2.45, 2.75) is 12.8 Å². The highest BCUT2D eigenvalue weighted by Gasteiger charge is 2.42. The zero-order valence-electron chi connectivity index (χ0n) is 10.4. The van der Waals surface area contributed by atoms with Crippen molar-refractivity contribution in [1.29, 1.82) is 0 Å². The number of rotatable bonds is 5. The summed E-state index contributed by atoms with van der Waals surface area (Å²) in [7, 11) is 0. The number of carbonyl (C=O) groups is 1. The van der Waals surface area contributed by atoms with E-state index in [9.17, 15) is 23.7 Å². The van der Waals surface area contributed by atoms with Crippen LogP contribution < -0.4 is 5.32 Å². The number of nitro benzene ring substituents is 1. The number of nitrogens with one attached hydrogen (secondary N) is 1. The molecule has 0 radical (unpaired) electrons. The van der Waals surface area contributed by atoms with Crippen LogP contribution in [0, 0.1) is 27.2 Å². The van der Waals surface area contributed by atoms with Crippen LogP contribution in [0.15, 0.2) is 12.1 Å². The molecule has 1 aromatic carbocycles. The molecule has 1 fully saturated rings. The normalized spacial score (nSPS) is 15.8. The summed E-state index contributed by atoms with van der Waals surface area (Å²) in [6, 6.07) is 1.34. The van der Waals surface area contributed by atoms with Crippen LogP contribution in [0.3, 0.4) is 0 Å². The maximum absolute atomic E-state index is 13.8. The number of carbonyl (C=O) groups excluding carboxylic acids is 1. The lowest BCUT2D eigenvalue weighted by molar-refractivity contribution is -0.387. The van der Waals surface area contributed by atoms with E-state index in [1.54, 1.807) is 0 Å². The number of halogens is 2. The van der Waals surface area contributed by atoms with Gasteiger partial charge in [0.1, 0.15) is 11.4 Å². The second-order valence-corrected chi connectivity index (χ2v) is 4.85. The Morgan fingerprint density at radius 1 is 1.45 bits per heavy atom. The third kappa shape index (κ3) is 2.60. The summed E-state index contributed by atoms with van der Waals surface area (Å²) in [6.45, 7) is -0.0584. The maximum atomic E-state index is 13.8. The lowest BCUT2D eigenvalue weighted by atomic mass is 10.1. The van der Waals surface area contributed by atoms with Gasteiger partial charge in [-0.15, -0.1) is 0 Å². The van der Waals surface area contributed by atoms with Gasteiger partial charge in [-0.25, -0.2) is 4.39 Å². The highest BCUT2D eigenvalue weighted by Crippen LogP contribution is 2.44. The number of aliphatic hydroxyl groups excluding tert-OH is 1. The third-order valence-electron chi connectivity index (χ3n) is 3.41. The van der Waals surface area contributed by atoms with Crippen LogP contribution in [0.5, 0.6) is 0 Å². The molecule has 0 heterocycles. The summed E-state index contributed by atoms with van der Waals surface area (Å²) in [5.41, 5.74) is -2.36. The van der Waals surface area contributed by atoms with Gasteiger partial charge in [0.05, 0.1) is 11.5 Å². The van der Waals surface area contributed by atoms with Gasteiger partial charge < -0.3 is 10.4 Å². The summed E-state index contributed by atoms with van der Waals surface area (Å²) >= 11 is 0. The lowest BCUT2D eigenvalue weighted by Crippen LogP contribution is -2.33. The van der Waals surface area contributed by atoms with Crippen molar-refractivity contribution in [1.82, 2.24) is 5.32 Å². The minimum Gasteiger partial charge on any atom is -0.396 e. The number of hydrogen-bond donors (Lipinski definition) is 2. The van der Waals surface area contributed by atoms with Crippen molar-refractivity contribution in [3.63, 3.8) is 0 Å². The molecule has 6 nitrogen and oxygen atoms in total. The number of nitrogens with zero attached hydrogens (tertiary/aromatic N) is 1. The molecule has 0 aliphatic heterocycles. The van der Waals surface area contributed by atoms with Crippen LogP contribution in [0.1, 0.15) is 23.2 Å². The van der Waals surface area contributed by atoms with Gasteiger partial charge in [-0.3, -0.25) is 14.9 Å². The Labute approximate surface area is 112 Å². The van der Waals surface area contributed by atoms with Crippen molar-refractivity contribution in [3.05, 3.63) is 39.4 Å². The van der Waals surface area contributed by atoms with Gasteiger partial charge >= 0.3 is 5.69 Å². The first-order valence-electron chi connectivity index (χ1n) is 5.92. The highest BCUT2D eigenvalue weighted by molar-refractivity contribution is 5.95. The molecule has 0 aromatic heterocycles. The van der Waals surface area contributed by atoms with Crippen molar-refractivity contribution in [2.24, 2.45) is 5.41 Å². The smallest absolute Gasteiger partial charge is 0.305 e. The summed E-state index contributed by atoms with van der Waals surface area (Å²) < 4.78 is 27.2. The monoisotopic (exact) mass is 286 g/mol. The number of hydrogen-bond acceptors (Lipinski definition) is 4. The fourth-order valence-electron chi connectivity index (χ4n) is 1.81. The molecule has 0 bridgehead atoms. The van der Waals surface area contributed by atoms with E-state index >= 15 is 0 Å². The first-order chi connectivity index (χ1) is 9.40. The molecular formula is C12H12F2N2O4. The second kappa shape index (κ2) is 5.12. The van der Waals surface area contributed by atoms with Crippen LogP contribution in [0.4, 0.5) is 14.5 Å². The van der Waals surface area contributed by atoms with Crippen LogP contribution in [-0.4, -0.2) is 29.1 Å². The van der Waals surface area contributed by atoms with Gasteiger partial charge in [0.15, 0.2) is 0 Å². The summed E-state index contributed by atoms with van der Waals surface area (Å²) in [4.78, 5) is 21.3. The number of aliphatic hydroxyl groups is 1. The topological polar surface area (TPSA) is 92.5 Å². The van der Waals surface area contributed by atoms with Crippen LogP contribution in [0.25, 0.3) is 0 Å². The zero-order valence-corrected chi connectivity index (χ0v) is 10.4. The van der Waals surface area contributed by atoms with Crippen LogP contribution in [0.2, 0.25) is 0 Å². The molecule has 0 spiro atoms.